The van der Waals surface area contributed by atoms with Gasteiger partial charge in [-0.05, 0) is 35.4 Å². The highest BCUT2D eigenvalue weighted by atomic mass is 79.9. The maximum atomic E-state index is 6.44. The molecule has 4 heteroatoms. The van der Waals surface area contributed by atoms with Crippen molar-refractivity contribution in [2.45, 2.75) is 5.38 Å². The second-order valence-corrected chi connectivity index (χ2v) is 5.56. The Kier molecular flexibility index (Phi) is 4.55. The highest BCUT2D eigenvalue weighted by molar-refractivity contribution is 9.10. The number of hydrogen-bond donors (Lipinski definition) is 0. The summed E-state index contributed by atoms with van der Waals surface area (Å²) in [5.41, 5.74) is 1.88. The average molecular weight is 346 g/mol. The van der Waals surface area contributed by atoms with Crippen molar-refractivity contribution < 1.29 is 4.74 Å². The molecular weight excluding hydrogens is 335 g/mol. The first-order valence-corrected chi connectivity index (χ1v) is 6.95. The number of rotatable bonds is 3. The summed E-state index contributed by atoms with van der Waals surface area (Å²) in [7, 11) is 1.61. The fourth-order valence-corrected chi connectivity index (χ4v) is 2.59. The van der Waals surface area contributed by atoms with Crippen molar-refractivity contribution in [1.29, 1.82) is 0 Å². The fraction of sp³-hybridized carbons (Fsp3) is 0.143. The van der Waals surface area contributed by atoms with Crippen LogP contribution in [-0.2, 0) is 0 Å². The molecule has 94 valence electrons. The van der Waals surface area contributed by atoms with Crippen molar-refractivity contribution in [2.24, 2.45) is 0 Å². The lowest BCUT2D eigenvalue weighted by atomic mass is 10.0. The van der Waals surface area contributed by atoms with Crippen LogP contribution >= 0.6 is 39.1 Å². The first kappa shape index (κ1) is 13.7. The summed E-state index contributed by atoms with van der Waals surface area (Å²) in [4.78, 5) is 0. The Morgan fingerprint density at radius 3 is 2.33 bits per heavy atom. The molecule has 18 heavy (non-hydrogen) atoms. The van der Waals surface area contributed by atoms with Crippen LogP contribution in [0.15, 0.2) is 46.9 Å². The number of alkyl halides is 1. The predicted molar refractivity (Wildman–Crippen MR) is 79.8 cm³/mol. The molecule has 2 aromatic rings. The van der Waals surface area contributed by atoms with E-state index in [4.69, 9.17) is 27.9 Å². The molecule has 1 nitrogen and oxygen atoms in total. The smallest absolute Gasteiger partial charge is 0.120 e. The summed E-state index contributed by atoms with van der Waals surface area (Å²) in [5.74, 6) is 0.725. The predicted octanol–water partition coefficient (Wildman–Crippen LogP) is 5.44. The minimum atomic E-state index is -0.267. The van der Waals surface area contributed by atoms with E-state index < -0.39 is 0 Å². The van der Waals surface area contributed by atoms with Crippen molar-refractivity contribution in [3.8, 4) is 5.75 Å². The summed E-state index contributed by atoms with van der Waals surface area (Å²) in [6.45, 7) is 0. The summed E-state index contributed by atoms with van der Waals surface area (Å²) in [6.07, 6.45) is 0. The second-order valence-electron chi connectivity index (χ2n) is 3.80. The molecule has 0 fully saturated rings. The first-order valence-electron chi connectivity index (χ1n) is 5.35. The Bertz CT molecular complexity index is 540. The number of benzene rings is 2. The van der Waals surface area contributed by atoms with Crippen LogP contribution in [0.2, 0.25) is 5.02 Å². The molecule has 0 aliphatic heterocycles. The summed E-state index contributed by atoms with van der Waals surface area (Å²) in [5, 5.41) is 0.341. The molecule has 0 aliphatic rings. The lowest BCUT2D eigenvalue weighted by Crippen LogP contribution is -1.95. The van der Waals surface area contributed by atoms with Crippen molar-refractivity contribution in [2.75, 3.05) is 7.11 Å². The maximum Gasteiger partial charge on any atom is 0.120 e. The van der Waals surface area contributed by atoms with Crippen LogP contribution in [0, 0.1) is 0 Å². The van der Waals surface area contributed by atoms with Gasteiger partial charge < -0.3 is 4.74 Å². The molecule has 0 bridgehead atoms. The van der Waals surface area contributed by atoms with Crippen LogP contribution in [0.5, 0.6) is 5.75 Å². The Morgan fingerprint density at radius 2 is 1.78 bits per heavy atom. The Hall–Kier alpha value is -0.700. The van der Waals surface area contributed by atoms with Crippen molar-refractivity contribution in [1.82, 2.24) is 0 Å². The Balaban J connectivity index is 2.33. The van der Waals surface area contributed by atoms with Gasteiger partial charge in [0.25, 0.3) is 0 Å². The van der Waals surface area contributed by atoms with Crippen molar-refractivity contribution in [3.05, 3.63) is 63.1 Å². The molecule has 2 rings (SSSR count). The molecule has 0 saturated heterocycles. The maximum absolute atomic E-state index is 6.44. The number of hydrogen-bond acceptors (Lipinski definition) is 1. The number of ether oxygens (including phenoxy) is 1. The summed E-state index contributed by atoms with van der Waals surface area (Å²) >= 11 is 16.1. The molecule has 0 N–H and O–H groups in total. The lowest BCUT2D eigenvalue weighted by Gasteiger charge is -2.13. The molecule has 0 aliphatic carbocycles. The minimum absolute atomic E-state index is 0.267. The van der Waals surface area contributed by atoms with Crippen molar-refractivity contribution >= 4 is 39.1 Å². The zero-order chi connectivity index (χ0) is 13.1. The van der Waals surface area contributed by atoms with Crippen LogP contribution in [0.4, 0.5) is 0 Å². The van der Waals surface area contributed by atoms with E-state index in [9.17, 15) is 0 Å². The minimum Gasteiger partial charge on any atom is -0.497 e. The van der Waals surface area contributed by atoms with Gasteiger partial charge in [0.2, 0.25) is 0 Å². The summed E-state index contributed by atoms with van der Waals surface area (Å²) in [6, 6.07) is 13.4. The normalized spacial score (nSPS) is 12.2. The van der Waals surface area contributed by atoms with Crippen LogP contribution in [0.3, 0.4) is 0 Å². The lowest BCUT2D eigenvalue weighted by molar-refractivity contribution is 0.414. The van der Waals surface area contributed by atoms with Crippen LogP contribution in [-0.4, -0.2) is 7.11 Å². The van der Waals surface area contributed by atoms with E-state index >= 15 is 0 Å². The van der Waals surface area contributed by atoms with E-state index in [0.717, 1.165) is 21.3 Å². The third-order valence-electron chi connectivity index (χ3n) is 2.64. The zero-order valence-corrected chi connectivity index (χ0v) is 12.8. The Labute approximate surface area is 125 Å². The average Bonchev–Trinajstić information content (AvgIpc) is 2.38. The van der Waals surface area contributed by atoms with E-state index in [1.165, 1.54) is 0 Å². The largest absolute Gasteiger partial charge is 0.497 e. The van der Waals surface area contributed by atoms with E-state index in [1.54, 1.807) is 13.2 Å². The monoisotopic (exact) mass is 344 g/mol. The highest BCUT2D eigenvalue weighted by Crippen LogP contribution is 2.35. The first-order chi connectivity index (χ1) is 8.61. The van der Waals surface area contributed by atoms with E-state index in [-0.39, 0.29) is 5.38 Å². The quantitative estimate of drug-likeness (QED) is 0.673. The van der Waals surface area contributed by atoms with E-state index in [2.05, 4.69) is 15.9 Å². The SMILES string of the molecule is COc1ccc(C(Cl)c2ccc(Br)cc2)c(Cl)c1. The van der Waals surface area contributed by atoms with Gasteiger partial charge in [-0.15, -0.1) is 11.6 Å². The molecular formula is C14H11BrCl2O. The van der Waals surface area contributed by atoms with E-state index in [1.807, 2.05) is 36.4 Å². The number of halogens is 3. The zero-order valence-electron chi connectivity index (χ0n) is 9.66. The summed E-state index contributed by atoms with van der Waals surface area (Å²) < 4.78 is 6.14. The molecule has 1 unspecified atom stereocenters. The van der Waals surface area contributed by atoms with Gasteiger partial charge in [-0.25, -0.2) is 0 Å². The van der Waals surface area contributed by atoms with Gasteiger partial charge in [-0.3, -0.25) is 0 Å². The molecule has 0 saturated carbocycles. The molecule has 0 amide bonds. The highest BCUT2D eigenvalue weighted by Gasteiger charge is 2.14. The number of methoxy groups -OCH3 is 1. The van der Waals surface area contributed by atoms with Gasteiger partial charge in [0.05, 0.1) is 12.5 Å². The van der Waals surface area contributed by atoms with Gasteiger partial charge in [-0.1, -0.05) is 45.7 Å². The molecule has 0 aromatic heterocycles. The third-order valence-corrected chi connectivity index (χ3v) is 3.99. The van der Waals surface area contributed by atoms with Gasteiger partial charge in [0.15, 0.2) is 0 Å². The Morgan fingerprint density at radius 1 is 1.11 bits per heavy atom. The van der Waals surface area contributed by atoms with Crippen LogP contribution in [0.25, 0.3) is 0 Å². The molecule has 2 aromatic carbocycles. The molecule has 0 heterocycles. The van der Waals surface area contributed by atoms with Crippen LogP contribution < -0.4 is 4.74 Å². The van der Waals surface area contributed by atoms with Gasteiger partial charge >= 0.3 is 0 Å². The fourth-order valence-electron chi connectivity index (χ4n) is 1.65. The van der Waals surface area contributed by atoms with Crippen LogP contribution in [0.1, 0.15) is 16.5 Å². The van der Waals surface area contributed by atoms with E-state index in [0.29, 0.717) is 5.02 Å². The topological polar surface area (TPSA) is 9.23 Å². The van der Waals surface area contributed by atoms with Gasteiger partial charge in [-0.2, -0.15) is 0 Å². The third kappa shape index (κ3) is 3.00. The van der Waals surface area contributed by atoms with Gasteiger partial charge in [0.1, 0.15) is 5.75 Å². The van der Waals surface area contributed by atoms with Crippen molar-refractivity contribution in [3.63, 3.8) is 0 Å². The molecule has 1 atom stereocenters. The molecule has 0 spiro atoms. The second kappa shape index (κ2) is 5.96. The van der Waals surface area contributed by atoms with Gasteiger partial charge in [0, 0.05) is 9.50 Å². The standard InChI is InChI=1S/C14H11BrCl2O/c1-18-11-6-7-12(13(16)8-11)14(17)9-2-4-10(15)5-3-9/h2-8,14H,1H3. The molecule has 0 radical (unpaired) electrons.